The zero-order chi connectivity index (χ0) is 35.7. The van der Waals surface area contributed by atoms with Crippen molar-refractivity contribution in [3.8, 4) is 0 Å². The highest BCUT2D eigenvalue weighted by Crippen LogP contribution is 2.30. The van der Waals surface area contributed by atoms with Gasteiger partial charge in [-0.1, -0.05) is 62.8 Å². The smallest absolute Gasteiger partial charge is 0.243 e. The molecule has 5 atom stereocenters. The summed E-state index contributed by atoms with van der Waals surface area (Å²) in [5.41, 5.74) is 3.59. The highest BCUT2D eigenvalue weighted by atomic mass is 35.5. The van der Waals surface area contributed by atoms with Crippen LogP contribution < -0.4 is 20.8 Å². The molecular weight excluding hydrogens is 684 g/mol. The van der Waals surface area contributed by atoms with Crippen LogP contribution in [0.1, 0.15) is 89.5 Å². The van der Waals surface area contributed by atoms with E-state index in [1.165, 1.54) is 4.90 Å². The number of sulfonamides is 1. The normalized spacial score (nSPS) is 24.7. The summed E-state index contributed by atoms with van der Waals surface area (Å²) in [7, 11) is -3.74. The lowest BCUT2D eigenvalue weighted by molar-refractivity contribution is -0.142. The largest absolute Gasteiger partial charge is 0.372 e. The van der Waals surface area contributed by atoms with Gasteiger partial charge in [-0.3, -0.25) is 19.9 Å². The van der Waals surface area contributed by atoms with Gasteiger partial charge in [0, 0.05) is 24.4 Å². The Bertz CT molecular complexity index is 1450. The number of carbonyl (C=O) groups excluding carboxylic acids is 3. The standard InChI is InChI=1S/C35H53ClN6O7S/c1-3-31-39-34(49-40-31)32(43)29(19-24-7-5-4-6-8-24)38-33(44)30-20-27(48-22-25-9-12-26(36)13-10-25)21-42(30)35(45)28(41-50(2,46)47)14-11-23-15-17-37-18-16-23/h9-10,12-13,23-24,27-30,34,37,41H,3-8,11,14-22H2,1-2H3,(H,38,44)(H,39,40)/t27-,28-,29+,30+,34?/m1/s1. The lowest BCUT2D eigenvalue weighted by atomic mass is 9.83. The molecule has 0 bridgehead atoms. The summed E-state index contributed by atoms with van der Waals surface area (Å²) in [4.78, 5) is 53.7. The summed E-state index contributed by atoms with van der Waals surface area (Å²) < 4.78 is 33.8. The highest BCUT2D eigenvalue weighted by molar-refractivity contribution is 7.88. The summed E-state index contributed by atoms with van der Waals surface area (Å²) in [6, 6.07) is 4.37. The number of Topliss-reactive ketones (excluding diaryl/α,β-unsaturated/α-hetero) is 1. The average molecular weight is 737 g/mol. The Balaban J connectivity index is 1.36. The zero-order valence-electron chi connectivity index (χ0n) is 29.2. The Hall–Kier alpha value is -2.62. The van der Waals surface area contributed by atoms with Crippen LogP contribution in [0, 0.1) is 11.8 Å². The first-order valence-electron chi connectivity index (χ1n) is 18.2. The molecule has 1 aliphatic carbocycles. The number of ketones is 1. The number of hydrogen-bond donors (Lipinski definition) is 4. The molecule has 15 heteroatoms. The third-order valence-corrected chi connectivity index (χ3v) is 11.3. The molecule has 0 spiro atoms. The van der Waals surface area contributed by atoms with Crippen LogP contribution in [0.4, 0.5) is 0 Å². The van der Waals surface area contributed by atoms with Crippen LogP contribution in [0.15, 0.2) is 29.3 Å². The predicted octanol–water partition coefficient (Wildman–Crippen LogP) is 3.22. The Morgan fingerprint density at radius 3 is 2.44 bits per heavy atom. The first kappa shape index (κ1) is 38.6. The van der Waals surface area contributed by atoms with Gasteiger partial charge in [0.15, 0.2) is 0 Å². The van der Waals surface area contributed by atoms with Crippen molar-refractivity contribution in [3.05, 3.63) is 34.9 Å². The molecule has 3 aliphatic heterocycles. The molecule has 1 aromatic carbocycles. The van der Waals surface area contributed by atoms with E-state index in [1.807, 2.05) is 19.1 Å². The van der Waals surface area contributed by atoms with Gasteiger partial charge in [-0.05, 0) is 74.7 Å². The van der Waals surface area contributed by atoms with Crippen molar-refractivity contribution >= 4 is 45.1 Å². The number of amidine groups is 1. The van der Waals surface area contributed by atoms with Crippen LogP contribution in [0.25, 0.3) is 0 Å². The van der Waals surface area contributed by atoms with Gasteiger partial charge in [0.1, 0.15) is 17.9 Å². The van der Waals surface area contributed by atoms with E-state index in [1.54, 1.807) is 12.1 Å². The van der Waals surface area contributed by atoms with E-state index < -0.39 is 52.3 Å². The second-order valence-electron chi connectivity index (χ2n) is 14.2. The summed E-state index contributed by atoms with van der Waals surface area (Å²) in [6.07, 6.45) is 8.80. The molecule has 0 aromatic heterocycles. The number of nitrogens with one attached hydrogen (secondary N) is 4. The van der Waals surface area contributed by atoms with Crippen LogP contribution in [0.3, 0.4) is 0 Å². The second kappa shape index (κ2) is 18.2. The number of ether oxygens (including phenoxy) is 1. The highest BCUT2D eigenvalue weighted by Gasteiger charge is 2.44. The van der Waals surface area contributed by atoms with Crippen molar-refractivity contribution in [1.82, 2.24) is 25.7 Å². The van der Waals surface area contributed by atoms with E-state index in [4.69, 9.17) is 21.2 Å². The van der Waals surface area contributed by atoms with Gasteiger partial charge in [0.2, 0.25) is 33.8 Å². The topological polar surface area (TPSA) is 168 Å². The molecule has 4 N–H and O–H groups in total. The molecule has 2 amide bonds. The number of piperidine rings is 1. The molecule has 2 saturated heterocycles. The maximum absolute atomic E-state index is 14.3. The number of nitrogens with zero attached hydrogens (tertiary/aromatic N) is 2. The Kier molecular flexibility index (Phi) is 14.1. The number of rotatable bonds is 16. The molecule has 5 rings (SSSR count). The first-order chi connectivity index (χ1) is 24.0. The van der Waals surface area contributed by atoms with Gasteiger partial charge >= 0.3 is 0 Å². The van der Waals surface area contributed by atoms with Crippen molar-refractivity contribution in [2.45, 2.75) is 121 Å². The Morgan fingerprint density at radius 2 is 1.78 bits per heavy atom. The van der Waals surface area contributed by atoms with E-state index in [0.717, 1.165) is 69.9 Å². The van der Waals surface area contributed by atoms with Gasteiger partial charge in [-0.25, -0.2) is 23.0 Å². The van der Waals surface area contributed by atoms with Crippen LogP contribution in [0.2, 0.25) is 5.02 Å². The molecule has 1 unspecified atom stereocenters. The van der Waals surface area contributed by atoms with Crippen molar-refractivity contribution in [1.29, 1.82) is 0 Å². The minimum atomic E-state index is -3.74. The fourth-order valence-electron chi connectivity index (χ4n) is 7.51. The molecule has 0 radical (unpaired) electrons. The molecule has 50 heavy (non-hydrogen) atoms. The van der Waals surface area contributed by atoms with E-state index in [2.05, 4.69) is 25.8 Å². The van der Waals surface area contributed by atoms with Crippen LogP contribution in [-0.2, 0) is 40.6 Å². The lowest BCUT2D eigenvalue weighted by Gasteiger charge is -2.31. The number of amides is 2. The van der Waals surface area contributed by atoms with Crippen molar-refractivity contribution in [3.63, 3.8) is 0 Å². The van der Waals surface area contributed by atoms with Gasteiger partial charge in [0.25, 0.3) is 0 Å². The number of hydrogen-bond acceptors (Lipinski definition) is 10. The molecular formula is C35H53ClN6O7S. The van der Waals surface area contributed by atoms with Gasteiger partial charge in [0.05, 0.1) is 25.0 Å². The van der Waals surface area contributed by atoms with Crippen molar-refractivity contribution < 1.29 is 32.4 Å². The fraction of sp³-hybridized carbons (Fsp3) is 0.714. The third-order valence-electron chi connectivity index (χ3n) is 10.3. The predicted molar refractivity (Wildman–Crippen MR) is 191 cm³/mol. The minimum Gasteiger partial charge on any atom is -0.372 e. The number of hydroxylamine groups is 1. The Labute approximate surface area is 301 Å². The van der Waals surface area contributed by atoms with E-state index in [9.17, 15) is 22.8 Å². The quantitative estimate of drug-likeness (QED) is 0.199. The van der Waals surface area contributed by atoms with Crippen molar-refractivity contribution in [2.75, 3.05) is 25.9 Å². The lowest BCUT2D eigenvalue weighted by Crippen LogP contribution is -2.56. The Morgan fingerprint density at radius 1 is 1.06 bits per heavy atom. The van der Waals surface area contributed by atoms with E-state index in [-0.39, 0.29) is 31.3 Å². The number of likely N-dealkylation sites (tertiary alicyclic amines) is 1. The molecule has 3 heterocycles. The molecule has 13 nitrogen and oxygen atoms in total. The molecule has 1 aromatic rings. The molecule has 1 saturated carbocycles. The second-order valence-corrected chi connectivity index (χ2v) is 16.4. The maximum atomic E-state index is 14.3. The number of aliphatic imine (C=N–C) groups is 1. The number of carbonyl (C=O) groups is 3. The average Bonchev–Trinajstić information content (AvgIpc) is 3.77. The summed E-state index contributed by atoms with van der Waals surface area (Å²) in [5.74, 6) is -0.101. The summed E-state index contributed by atoms with van der Waals surface area (Å²) >= 11 is 6.05. The maximum Gasteiger partial charge on any atom is 0.243 e. The molecule has 278 valence electrons. The van der Waals surface area contributed by atoms with Gasteiger partial charge in [-0.15, -0.1) is 0 Å². The third kappa shape index (κ3) is 11.2. The number of halogens is 1. The van der Waals surface area contributed by atoms with E-state index >= 15 is 0 Å². The van der Waals surface area contributed by atoms with Crippen LogP contribution >= 0.6 is 11.6 Å². The minimum absolute atomic E-state index is 0.0981. The molecule has 4 aliphatic rings. The van der Waals surface area contributed by atoms with Crippen LogP contribution in [0.5, 0.6) is 0 Å². The number of benzene rings is 1. The summed E-state index contributed by atoms with van der Waals surface area (Å²) in [5, 5.41) is 6.93. The fourth-order valence-corrected chi connectivity index (χ4v) is 8.38. The van der Waals surface area contributed by atoms with Gasteiger partial charge < -0.3 is 20.3 Å². The monoisotopic (exact) mass is 736 g/mol. The van der Waals surface area contributed by atoms with Crippen LogP contribution in [-0.4, -0.2) is 93.1 Å². The van der Waals surface area contributed by atoms with Gasteiger partial charge in [-0.2, -0.15) is 0 Å². The zero-order valence-corrected chi connectivity index (χ0v) is 30.8. The van der Waals surface area contributed by atoms with E-state index in [0.29, 0.717) is 42.5 Å². The molecule has 3 fully saturated rings. The first-order valence-corrected chi connectivity index (χ1v) is 20.4. The van der Waals surface area contributed by atoms with Crippen molar-refractivity contribution in [2.24, 2.45) is 16.8 Å². The SMILES string of the molecule is CCC1=NC(C(=O)[C@H](CC2CCCCC2)NC(=O)[C@@H]2C[C@@H](OCc3ccc(Cl)cc3)CN2C(=O)[C@@H](CCC2CCNCC2)NS(C)(=O)=O)ON1. The summed E-state index contributed by atoms with van der Waals surface area (Å²) in [6.45, 7) is 4.01.